The van der Waals surface area contributed by atoms with E-state index >= 15 is 0 Å². The fourth-order valence-electron chi connectivity index (χ4n) is 4.12. The zero-order chi connectivity index (χ0) is 24.2. The van der Waals surface area contributed by atoms with Crippen molar-refractivity contribution in [2.75, 3.05) is 24.4 Å². The van der Waals surface area contributed by atoms with E-state index in [1.54, 1.807) is 22.8 Å². The van der Waals surface area contributed by atoms with E-state index in [0.29, 0.717) is 51.5 Å². The third-order valence-corrected chi connectivity index (χ3v) is 6.32. The Morgan fingerprint density at radius 3 is 2.76 bits per heavy atom. The number of anilines is 1. The number of benzene rings is 2. The van der Waals surface area contributed by atoms with Crippen molar-refractivity contribution in [3.05, 3.63) is 71.0 Å². The van der Waals surface area contributed by atoms with Crippen LogP contribution >= 0.6 is 11.8 Å². The van der Waals surface area contributed by atoms with Crippen LogP contribution in [0.2, 0.25) is 0 Å². The van der Waals surface area contributed by atoms with Crippen LogP contribution in [0.4, 0.5) is 5.69 Å². The molecule has 1 amide bonds. The van der Waals surface area contributed by atoms with Gasteiger partial charge < -0.3 is 9.47 Å². The lowest BCUT2D eigenvalue weighted by molar-refractivity contribution is -0.763. The molecule has 0 unspecified atom stereocenters. The number of fused-ring (bicyclic) bond motifs is 3. The summed E-state index contributed by atoms with van der Waals surface area (Å²) in [5.41, 5.74) is 2.01. The second-order valence-corrected chi connectivity index (χ2v) is 8.48. The van der Waals surface area contributed by atoms with E-state index in [1.165, 1.54) is 11.8 Å². The van der Waals surface area contributed by atoms with Gasteiger partial charge in [-0.05, 0) is 35.9 Å². The minimum atomic E-state index is -0.752. The van der Waals surface area contributed by atoms with E-state index < -0.39 is 6.17 Å². The number of nitrogens with one attached hydrogen (secondary N) is 1. The van der Waals surface area contributed by atoms with E-state index in [-0.39, 0.29) is 17.9 Å². The Morgan fingerprint density at radius 1 is 1.26 bits per heavy atom. The first-order valence-electron chi connectivity index (χ1n) is 11.1. The molecule has 0 spiro atoms. The van der Waals surface area contributed by atoms with Gasteiger partial charge in [0.25, 0.3) is 6.17 Å². The Labute approximate surface area is 202 Å². The third-order valence-electron chi connectivity index (χ3n) is 5.46. The van der Waals surface area contributed by atoms with E-state index in [2.05, 4.69) is 11.6 Å². The number of aromatic nitrogens is 3. The molecule has 0 bridgehead atoms. The second kappa shape index (κ2) is 10.1. The lowest BCUT2D eigenvalue weighted by Gasteiger charge is -2.32. The number of ether oxygens (including phenoxy) is 2. The first-order chi connectivity index (χ1) is 16.5. The van der Waals surface area contributed by atoms with Gasteiger partial charge in [-0.1, -0.05) is 43.0 Å². The molecule has 0 saturated carbocycles. The Kier molecular flexibility index (Phi) is 7.02. The monoisotopic (exact) mass is 479 g/mol. The van der Waals surface area contributed by atoms with Crippen molar-refractivity contribution in [3.63, 3.8) is 0 Å². The number of carbonyl (C=O) groups is 1. The smallest absolute Gasteiger partial charge is 0.325 e. The topological polar surface area (TPSA) is 88.4 Å². The molecule has 0 fully saturated rings. The molecule has 2 aromatic carbocycles. The molecule has 1 N–H and O–H groups in total. The average molecular weight is 480 g/mol. The molecule has 9 heteroatoms. The number of methoxy groups -OCH3 is 1. The summed E-state index contributed by atoms with van der Waals surface area (Å²) in [6, 6.07) is 12.9. The van der Waals surface area contributed by atoms with Crippen LogP contribution in [0.5, 0.6) is 11.5 Å². The predicted molar refractivity (Wildman–Crippen MR) is 131 cm³/mol. The first kappa shape index (κ1) is 23.6. The lowest BCUT2D eigenvalue weighted by Crippen LogP contribution is -2.61. The molecule has 4 rings (SSSR count). The maximum absolute atomic E-state index is 13.4. The standard InChI is InChI=1S/C25H26N4O4S/c1-5-15-34-25-26-23(31)21-16-11-8-9-13-18(16)28(20(30)6-2)24(29(21)27-25)17-12-10-14-19(33-7-3)22(17)32-4/h5,8-14,24H,1,6-7,15H2,2-4H3/p+1/t24-/m1/s1. The minimum Gasteiger partial charge on any atom is -0.492 e. The normalized spacial score (nSPS) is 14.2. The number of nitrogens with zero attached hydrogens (tertiary/aromatic N) is 3. The van der Waals surface area contributed by atoms with Crippen molar-refractivity contribution in [1.82, 2.24) is 10.1 Å². The number of hydrogen-bond acceptors (Lipinski definition) is 6. The molecular weight excluding hydrogens is 452 g/mol. The van der Waals surface area contributed by atoms with Gasteiger partial charge in [-0.25, -0.2) is 4.90 Å². The molecule has 34 heavy (non-hydrogen) atoms. The lowest BCUT2D eigenvalue weighted by atomic mass is 10.0. The summed E-state index contributed by atoms with van der Waals surface area (Å²) in [4.78, 5) is 31.3. The number of H-pyrrole nitrogens is 1. The van der Waals surface area contributed by atoms with E-state index in [4.69, 9.17) is 14.6 Å². The first-order valence-corrected chi connectivity index (χ1v) is 12.0. The fourth-order valence-corrected chi connectivity index (χ4v) is 4.71. The summed E-state index contributed by atoms with van der Waals surface area (Å²) in [6.07, 6.45) is 1.26. The number of carbonyl (C=O) groups excluding carboxylic acids is 1. The van der Waals surface area contributed by atoms with Gasteiger partial charge in [0, 0.05) is 17.3 Å². The highest BCUT2D eigenvalue weighted by atomic mass is 32.2. The van der Waals surface area contributed by atoms with Crippen molar-refractivity contribution < 1.29 is 19.0 Å². The Hall–Kier alpha value is -3.59. The predicted octanol–water partition coefficient (Wildman–Crippen LogP) is 3.71. The van der Waals surface area contributed by atoms with Gasteiger partial charge in [-0.3, -0.25) is 14.6 Å². The zero-order valence-electron chi connectivity index (χ0n) is 19.4. The van der Waals surface area contributed by atoms with Gasteiger partial charge in [0.2, 0.25) is 11.1 Å². The summed E-state index contributed by atoms with van der Waals surface area (Å²) in [5, 5.41) is 5.20. The van der Waals surface area contributed by atoms with Gasteiger partial charge in [-0.15, -0.1) is 6.58 Å². The maximum Gasteiger partial charge on any atom is 0.325 e. The van der Waals surface area contributed by atoms with Crippen molar-refractivity contribution in [1.29, 1.82) is 0 Å². The second-order valence-electron chi connectivity index (χ2n) is 7.47. The van der Waals surface area contributed by atoms with Crippen LogP contribution in [0.25, 0.3) is 11.3 Å². The van der Waals surface area contributed by atoms with Crippen LogP contribution in [0, 0.1) is 0 Å². The number of aromatic amines is 1. The van der Waals surface area contributed by atoms with Gasteiger partial charge in [0.1, 0.15) is 0 Å². The molecule has 0 radical (unpaired) electrons. The Morgan fingerprint density at radius 2 is 2.06 bits per heavy atom. The molecular formula is C25H27N4O4S+. The fraction of sp³-hybridized carbons (Fsp3) is 0.280. The summed E-state index contributed by atoms with van der Waals surface area (Å²) >= 11 is 1.36. The molecule has 176 valence electrons. The third kappa shape index (κ3) is 4.07. The average Bonchev–Trinajstić information content (AvgIpc) is 2.86. The highest BCUT2D eigenvalue weighted by Gasteiger charge is 2.47. The number of thioether (sulfide) groups is 1. The van der Waals surface area contributed by atoms with Crippen LogP contribution in [-0.4, -0.2) is 35.5 Å². The van der Waals surface area contributed by atoms with Crippen LogP contribution in [0.15, 0.2) is 65.1 Å². The Balaban J connectivity index is 2.07. The molecule has 0 aliphatic carbocycles. The number of rotatable bonds is 8. The minimum absolute atomic E-state index is 0.109. The van der Waals surface area contributed by atoms with Crippen LogP contribution in [-0.2, 0) is 4.79 Å². The van der Waals surface area contributed by atoms with Crippen molar-refractivity contribution >= 4 is 23.4 Å². The Bertz CT molecular complexity index is 1290. The molecule has 1 aromatic heterocycles. The summed E-state index contributed by atoms with van der Waals surface area (Å²) in [7, 11) is 1.56. The zero-order valence-corrected chi connectivity index (χ0v) is 20.2. The number of hydrogen-bond donors (Lipinski definition) is 1. The van der Waals surface area contributed by atoms with Crippen LogP contribution < -0.4 is 24.6 Å². The highest BCUT2D eigenvalue weighted by Crippen LogP contribution is 2.42. The molecule has 1 atom stereocenters. The largest absolute Gasteiger partial charge is 0.492 e. The van der Waals surface area contributed by atoms with E-state index in [1.807, 2.05) is 56.3 Å². The molecule has 0 saturated heterocycles. The van der Waals surface area contributed by atoms with Gasteiger partial charge in [0.15, 0.2) is 11.5 Å². The molecule has 1 aliphatic heterocycles. The molecule has 8 nitrogen and oxygen atoms in total. The van der Waals surface area contributed by atoms with Crippen molar-refractivity contribution in [3.8, 4) is 22.8 Å². The molecule has 2 heterocycles. The van der Waals surface area contributed by atoms with Crippen molar-refractivity contribution in [2.45, 2.75) is 31.6 Å². The summed E-state index contributed by atoms with van der Waals surface area (Å²) in [6.45, 7) is 7.90. The molecule has 3 aromatic rings. The van der Waals surface area contributed by atoms with Gasteiger partial charge in [-0.2, -0.15) is 0 Å². The molecule has 1 aliphatic rings. The number of amides is 1. The van der Waals surface area contributed by atoms with Crippen LogP contribution in [0.1, 0.15) is 32.0 Å². The van der Waals surface area contributed by atoms with Gasteiger partial charge >= 0.3 is 11.3 Å². The summed E-state index contributed by atoms with van der Waals surface area (Å²) < 4.78 is 13.2. The van der Waals surface area contributed by atoms with Crippen LogP contribution in [0.3, 0.4) is 0 Å². The van der Waals surface area contributed by atoms with E-state index in [0.717, 1.165) is 0 Å². The van der Waals surface area contributed by atoms with E-state index in [9.17, 15) is 9.59 Å². The number of para-hydroxylation sites is 2. The van der Waals surface area contributed by atoms with Crippen molar-refractivity contribution in [2.24, 2.45) is 0 Å². The SMILES string of the molecule is C=CCSc1n[n+]2c(c(=O)[nH]1)-c1ccccc1N(C(=O)CC)[C@H]2c1cccc(OCC)c1OC. The quantitative estimate of drug-likeness (QED) is 0.301. The summed E-state index contributed by atoms with van der Waals surface area (Å²) in [5.74, 6) is 1.51. The highest BCUT2D eigenvalue weighted by molar-refractivity contribution is 7.99. The van der Waals surface area contributed by atoms with Gasteiger partial charge in [0.05, 0.1) is 30.5 Å². The maximum atomic E-state index is 13.4.